The molecular weight excluding hydrogens is 170 g/mol. The summed E-state index contributed by atoms with van der Waals surface area (Å²) in [5.41, 5.74) is 1.47. The fourth-order valence-corrected chi connectivity index (χ4v) is 1.49. The number of rotatable bonds is 2. The maximum Gasteiger partial charge on any atom is 0.0317 e. The molecule has 0 heterocycles. The largest absolute Gasteiger partial charge is 0.290 e. The molecule has 0 atom stereocenters. The molecule has 0 saturated heterocycles. The van der Waals surface area contributed by atoms with E-state index in [9.17, 15) is 0 Å². The minimum absolute atomic E-state index is 0.256. The van der Waals surface area contributed by atoms with Gasteiger partial charge in [-0.3, -0.25) is 4.42 Å². The summed E-state index contributed by atoms with van der Waals surface area (Å²) < 4.78 is 1.78. The second kappa shape index (κ2) is 3.53. The molecule has 0 amide bonds. The molecule has 0 bridgehead atoms. The van der Waals surface area contributed by atoms with Crippen LogP contribution in [0.1, 0.15) is 27.2 Å². The first kappa shape index (κ1) is 9.66. The van der Waals surface area contributed by atoms with Gasteiger partial charge in [0.25, 0.3) is 0 Å². The van der Waals surface area contributed by atoms with Gasteiger partial charge in [-0.25, -0.2) is 0 Å². The van der Waals surface area contributed by atoms with Gasteiger partial charge in [0.1, 0.15) is 0 Å². The Morgan fingerprint density at radius 1 is 1.58 bits per heavy atom. The van der Waals surface area contributed by atoms with Crippen LogP contribution in [0.3, 0.4) is 0 Å². The summed E-state index contributed by atoms with van der Waals surface area (Å²) in [6.45, 7) is 7.35. The van der Waals surface area contributed by atoms with Crippen LogP contribution >= 0.6 is 11.8 Å². The Bertz CT molecular complexity index is 216. The van der Waals surface area contributed by atoms with Gasteiger partial charge < -0.3 is 0 Å². The summed E-state index contributed by atoms with van der Waals surface area (Å²) in [6.07, 6.45) is 7.42. The van der Waals surface area contributed by atoms with E-state index in [0.717, 1.165) is 13.0 Å². The van der Waals surface area contributed by atoms with E-state index in [-0.39, 0.29) is 5.41 Å². The molecule has 12 heavy (non-hydrogen) atoms. The van der Waals surface area contributed by atoms with E-state index in [2.05, 4.69) is 39.0 Å². The molecule has 0 radical (unpaired) electrons. The van der Waals surface area contributed by atoms with E-state index >= 15 is 0 Å². The van der Waals surface area contributed by atoms with Crippen LogP contribution in [-0.2, 0) is 0 Å². The molecule has 0 saturated carbocycles. The first-order valence-corrected chi connectivity index (χ1v) is 4.71. The van der Waals surface area contributed by atoms with Gasteiger partial charge in [-0.05, 0) is 24.8 Å². The van der Waals surface area contributed by atoms with Crippen LogP contribution in [0.25, 0.3) is 0 Å². The first-order chi connectivity index (χ1) is 5.55. The lowest BCUT2D eigenvalue weighted by Gasteiger charge is -2.28. The Balaban J connectivity index is 2.69. The summed E-state index contributed by atoms with van der Waals surface area (Å²) in [7, 11) is 0. The predicted octanol–water partition coefficient (Wildman–Crippen LogP) is 3.33. The summed E-state index contributed by atoms with van der Waals surface area (Å²) in [4.78, 5) is 0. The van der Waals surface area contributed by atoms with E-state index in [1.807, 2.05) is 0 Å². The Kier molecular flexibility index (Phi) is 2.84. The average Bonchev–Trinajstić information content (AvgIpc) is 2.01. The zero-order chi connectivity index (χ0) is 9.19. The van der Waals surface area contributed by atoms with Gasteiger partial charge in [0.05, 0.1) is 0 Å². The maximum absolute atomic E-state index is 6.00. The van der Waals surface area contributed by atoms with E-state index in [0.29, 0.717) is 0 Å². The standard InChI is InChI=1S/C10H16ClN/c1-4-12(11)9-6-5-7-10(2,3)8-9/h5-7H,4,8H2,1-3H3. The highest BCUT2D eigenvalue weighted by molar-refractivity contribution is 6.14. The summed E-state index contributed by atoms with van der Waals surface area (Å²) >= 11 is 6.00. The summed E-state index contributed by atoms with van der Waals surface area (Å²) in [6, 6.07) is 0. The van der Waals surface area contributed by atoms with Crippen molar-refractivity contribution >= 4 is 11.8 Å². The van der Waals surface area contributed by atoms with Crippen molar-refractivity contribution in [2.45, 2.75) is 27.2 Å². The molecular formula is C10H16ClN. The van der Waals surface area contributed by atoms with Crippen LogP contribution in [-0.4, -0.2) is 11.0 Å². The number of halogens is 1. The Labute approximate surface area is 79.8 Å². The monoisotopic (exact) mass is 185 g/mol. The van der Waals surface area contributed by atoms with Gasteiger partial charge in [-0.1, -0.05) is 26.0 Å². The molecule has 1 rings (SSSR count). The highest BCUT2D eigenvalue weighted by Crippen LogP contribution is 2.32. The molecule has 0 unspecified atom stereocenters. The van der Waals surface area contributed by atoms with Crippen molar-refractivity contribution in [1.29, 1.82) is 0 Å². The quantitative estimate of drug-likeness (QED) is 0.597. The van der Waals surface area contributed by atoms with Gasteiger partial charge in [0.2, 0.25) is 0 Å². The molecule has 0 aromatic rings. The predicted molar refractivity (Wildman–Crippen MR) is 53.9 cm³/mol. The number of hydrogen-bond acceptors (Lipinski definition) is 1. The maximum atomic E-state index is 6.00. The van der Waals surface area contributed by atoms with Gasteiger partial charge in [-0.2, -0.15) is 0 Å². The summed E-state index contributed by atoms with van der Waals surface area (Å²) in [5.74, 6) is 0. The SMILES string of the molecule is CCN(Cl)C1=CC=CC(C)(C)C1. The second-order valence-electron chi connectivity index (χ2n) is 3.86. The molecule has 1 nitrogen and oxygen atoms in total. The van der Waals surface area contributed by atoms with Gasteiger partial charge in [0, 0.05) is 24.0 Å². The second-order valence-corrected chi connectivity index (χ2v) is 4.27. The normalized spacial score (nSPS) is 20.5. The van der Waals surface area contributed by atoms with Crippen LogP contribution in [0.4, 0.5) is 0 Å². The lowest BCUT2D eigenvalue weighted by atomic mass is 9.84. The van der Waals surface area contributed by atoms with Gasteiger partial charge >= 0.3 is 0 Å². The topological polar surface area (TPSA) is 3.24 Å². The third kappa shape index (κ3) is 2.28. The van der Waals surface area contributed by atoms with Crippen molar-refractivity contribution in [1.82, 2.24) is 4.42 Å². The average molecular weight is 186 g/mol. The fraction of sp³-hybridized carbons (Fsp3) is 0.600. The summed E-state index contributed by atoms with van der Waals surface area (Å²) in [5, 5.41) is 0. The fourth-order valence-electron chi connectivity index (χ4n) is 1.37. The molecule has 0 fully saturated rings. The van der Waals surface area contributed by atoms with Crippen LogP contribution in [0.2, 0.25) is 0 Å². The van der Waals surface area contributed by atoms with E-state index in [1.54, 1.807) is 4.42 Å². The lowest BCUT2D eigenvalue weighted by Crippen LogP contribution is -2.19. The van der Waals surface area contributed by atoms with Crippen LogP contribution in [0, 0.1) is 5.41 Å². The minimum atomic E-state index is 0.256. The van der Waals surface area contributed by atoms with E-state index in [4.69, 9.17) is 11.8 Å². The van der Waals surface area contributed by atoms with E-state index < -0.39 is 0 Å². The van der Waals surface area contributed by atoms with Gasteiger partial charge in [-0.15, -0.1) is 0 Å². The minimum Gasteiger partial charge on any atom is -0.290 e. The van der Waals surface area contributed by atoms with Crippen LogP contribution in [0.5, 0.6) is 0 Å². The molecule has 68 valence electrons. The first-order valence-electron chi connectivity index (χ1n) is 4.37. The third-order valence-electron chi connectivity index (χ3n) is 2.06. The molecule has 0 N–H and O–H groups in total. The molecule has 1 aliphatic carbocycles. The third-order valence-corrected chi connectivity index (χ3v) is 2.52. The number of nitrogens with zero attached hydrogens (tertiary/aromatic N) is 1. The van der Waals surface area contributed by atoms with Crippen LogP contribution < -0.4 is 0 Å². The van der Waals surface area contributed by atoms with Crippen molar-refractivity contribution < 1.29 is 0 Å². The molecule has 0 spiro atoms. The van der Waals surface area contributed by atoms with Crippen molar-refractivity contribution in [3.63, 3.8) is 0 Å². The highest BCUT2D eigenvalue weighted by atomic mass is 35.5. The van der Waals surface area contributed by atoms with E-state index in [1.165, 1.54) is 5.70 Å². The molecule has 0 aliphatic heterocycles. The zero-order valence-electron chi connectivity index (χ0n) is 7.97. The lowest BCUT2D eigenvalue weighted by molar-refractivity contribution is 0.414. The number of hydrogen-bond donors (Lipinski definition) is 0. The Hall–Kier alpha value is -0.430. The smallest absolute Gasteiger partial charge is 0.0317 e. The Morgan fingerprint density at radius 3 is 2.75 bits per heavy atom. The van der Waals surface area contributed by atoms with Crippen molar-refractivity contribution in [3.8, 4) is 0 Å². The van der Waals surface area contributed by atoms with Crippen LogP contribution in [0.15, 0.2) is 23.9 Å². The van der Waals surface area contributed by atoms with Crippen molar-refractivity contribution in [2.75, 3.05) is 6.54 Å². The molecule has 2 heteroatoms. The zero-order valence-corrected chi connectivity index (χ0v) is 8.73. The highest BCUT2D eigenvalue weighted by Gasteiger charge is 2.20. The molecule has 0 aromatic heterocycles. The Morgan fingerprint density at radius 2 is 2.25 bits per heavy atom. The van der Waals surface area contributed by atoms with Gasteiger partial charge in [0.15, 0.2) is 0 Å². The van der Waals surface area contributed by atoms with Crippen molar-refractivity contribution in [2.24, 2.45) is 5.41 Å². The number of allylic oxidation sites excluding steroid dienone is 4. The molecule has 0 aromatic carbocycles. The molecule has 1 aliphatic rings. The van der Waals surface area contributed by atoms with Crippen molar-refractivity contribution in [3.05, 3.63) is 23.9 Å².